The number of fused-ring (bicyclic) bond motifs is 2. The molecule has 0 fully saturated rings. The van der Waals surface area contributed by atoms with E-state index in [4.69, 9.17) is 9.47 Å². The van der Waals surface area contributed by atoms with E-state index in [1.54, 1.807) is 36.4 Å². The van der Waals surface area contributed by atoms with Gasteiger partial charge in [0.15, 0.2) is 11.5 Å². The van der Waals surface area contributed by atoms with Crippen LogP contribution in [0.5, 0.6) is 11.5 Å². The highest BCUT2D eigenvalue weighted by Crippen LogP contribution is 2.36. The number of amides is 1. The second-order valence-corrected chi connectivity index (χ2v) is 11.3. The fourth-order valence-electron chi connectivity index (χ4n) is 5.56. The van der Waals surface area contributed by atoms with E-state index in [2.05, 4.69) is 25.5 Å². The lowest BCUT2D eigenvalue weighted by Crippen LogP contribution is -2.36. The van der Waals surface area contributed by atoms with Gasteiger partial charge >= 0.3 is 12.4 Å². The smallest absolute Gasteiger partial charge is 0.451 e. The Bertz CT molecular complexity index is 1940. The number of carbonyl (C=O) groups excluding carboxylic acids is 1. The van der Waals surface area contributed by atoms with Crippen LogP contribution in [0.25, 0.3) is 22.2 Å². The van der Waals surface area contributed by atoms with Crippen molar-refractivity contribution in [3.63, 3.8) is 0 Å². The molecule has 0 aliphatic carbocycles. The standard InChI is InChI=1S/C33H29F6N7O3/c1-48-26-16-24-25(17-27(26)49-14-2-11-45-12-13-46-28(18-45)43-44-31(46)33(37,38)39)40-19-41-30(24)21-5-9-23(10-6-21)42-29(47)15-20-3-7-22(8-4-20)32(34,35)36/h3-10,16-17,19H,2,11-15,18H2,1H3,(H,42,47). The number of aromatic nitrogens is 5. The van der Waals surface area contributed by atoms with Gasteiger partial charge in [-0.25, -0.2) is 9.97 Å². The third-order valence-electron chi connectivity index (χ3n) is 7.97. The van der Waals surface area contributed by atoms with Crippen LogP contribution in [0.4, 0.5) is 32.0 Å². The number of alkyl halides is 6. The zero-order chi connectivity index (χ0) is 34.8. The maximum absolute atomic E-state index is 13.1. The number of hydrogen-bond donors (Lipinski definition) is 1. The number of nitrogens with one attached hydrogen (secondary N) is 1. The van der Waals surface area contributed by atoms with Gasteiger partial charge in [-0.1, -0.05) is 24.3 Å². The predicted molar refractivity (Wildman–Crippen MR) is 166 cm³/mol. The Kier molecular flexibility index (Phi) is 9.41. The van der Waals surface area contributed by atoms with Gasteiger partial charge in [-0.2, -0.15) is 26.3 Å². The minimum atomic E-state index is -4.54. The summed E-state index contributed by atoms with van der Waals surface area (Å²) < 4.78 is 90.5. The molecule has 0 spiro atoms. The number of methoxy groups -OCH3 is 1. The Morgan fingerprint density at radius 1 is 0.898 bits per heavy atom. The van der Waals surface area contributed by atoms with Crippen molar-refractivity contribution in [3.8, 4) is 22.8 Å². The van der Waals surface area contributed by atoms with Crippen LogP contribution in [-0.4, -0.2) is 62.3 Å². The molecule has 0 bridgehead atoms. The molecule has 2 aromatic heterocycles. The zero-order valence-corrected chi connectivity index (χ0v) is 26.0. The van der Waals surface area contributed by atoms with Crippen LogP contribution in [0.3, 0.4) is 0 Å². The van der Waals surface area contributed by atoms with Crippen LogP contribution in [-0.2, 0) is 36.7 Å². The number of halogens is 6. The van der Waals surface area contributed by atoms with E-state index in [1.807, 2.05) is 4.90 Å². The lowest BCUT2D eigenvalue weighted by atomic mass is 10.1. The molecule has 10 nitrogen and oxygen atoms in total. The maximum Gasteiger partial charge on any atom is 0.451 e. The molecule has 49 heavy (non-hydrogen) atoms. The van der Waals surface area contributed by atoms with Crippen molar-refractivity contribution < 1.29 is 40.6 Å². The third kappa shape index (κ3) is 7.74. The third-order valence-corrected chi connectivity index (χ3v) is 7.97. The molecule has 3 aromatic carbocycles. The van der Waals surface area contributed by atoms with Crippen molar-refractivity contribution in [2.24, 2.45) is 0 Å². The molecular weight excluding hydrogens is 656 g/mol. The van der Waals surface area contributed by atoms with Crippen LogP contribution in [0.1, 0.15) is 29.2 Å². The summed E-state index contributed by atoms with van der Waals surface area (Å²) in [7, 11) is 1.51. The SMILES string of the molecule is COc1cc2c(-c3ccc(NC(=O)Cc4ccc(C(F)(F)F)cc4)cc3)ncnc2cc1OCCCN1CCn2c(nnc2C(F)(F)F)C1. The summed E-state index contributed by atoms with van der Waals surface area (Å²) >= 11 is 0. The molecule has 3 heterocycles. The van der Waals surface area contributed by atoms with E-state index >= 15 is 0 Å². The molecule has 1 aliphatic heterocycles. The van der Waals surface area contributed by atoms with Crippen molar-refractivity contribution >= 4 is 22.5 Å². The van der Waals surface area contributed by atoms with Gasteiger partial charge in [-0.05, 0) is 42.3 Å². The first-order valence-electron chi connectivity index (χ1n) is 15.1. The highest BCUT2D eigenvalue weighted by molar-refractivity contribution is 5.95. The number of nitrogens with zero attached hydrogens (tertiary/aromatic N) is 6. The van der Waals surface area contributed by atoms with Crippen molar-refractivity contribution in [2.75, 3.05) is 32.1 Å². The van der Waals surface area contributed by atoms with Crippen molar-refractivity contribution in [2.45, 2.75) is 38.3 Å². The summed E-state index contributed by atoms with van der Waals surface area (Å²) in [6.07, 6.45) is -7.05. The second-order valence-electron chi connectivity index (χ2n) is 11.3. The summed E-state index contributed by atoms with van der Waals surface area (Å²) in [5.74, 6) is -0.140. The molecule has 0 saturated carbocycles. The van der Waals surface area contributed by atoms with Crippen LogP contribution in [0, 0.1) is 0 Å². The Balaban J connectivity index is 1.06. The number of carbonyl (C=O) groups is 1. The first kappa shape index (κ1) is 33.6. The van der Waals surface area contributed by atoms with E-state index in [-0.39, 0.29) is 31.2 Å². The first-order valence-corrected chi connectivity index (χ1v) is 15.1. The van der Waals surface area contributed by atoms with Gasteiger partial charge in [0, 0.05) is 42.3 Å². The van der Waals surface area contributed by atoms with E-state index in [0.29, 0.717) is 65.5 Å². The molecule has 0 unspecified atom stereocenters. The normalized spacial score (nSPS) is 13.7. The van der Waals surface area contributed by atoms with E-state index in [0.717, 1.165) is 22.3 Å². The average Bonchev–Trinajstić information content (AvgIpc) is 3.50. The van der Waals surface area contributed by atoms with Crippen molar-refractivity contribution in [1.82, 2.24) is 29.6 Å². The summed E-state index contributed by atoms with van der Waals surface area (Å²) in [6.45, 7) is 1.76. The molecule has 0 radical (unpaired) electrons. The van der Waals surface area contributed by atoms with E-state index in [9.17, 15) is 31.1 Å². The van der Waals surface area contributed by atoms with Crippen LogP contribution in [0.15, 0.2) is 67.0 Å². The molecule has 5 aromatic rings. The summed E-state index contributed by atoms with van der Waals surface area (Å²) in [6, 6.07) is 14.9. The fourth-order valence-corrected chi connectivity index (χ4v) is 5.56. The Morgan fingerprint density at radius 2 is 1.65 bits per heavy atom. The molecule has 6 rings (SSSR count). The Morgan fingerprint density at radius 3 is 2.35 bits per heavy atom. The Labute approximate surface area is 275 Å². The summed E-state index contributed by atoms with van der Waals surface area (Å²) in [5, 5.41) is 10.5. The molecule has 1 amide bonds. The molecule has 0 saturated heterocycles. The van der Waals surface area contributed by atoms with Gasteiger partial charge in [-0.15, -0.1) is 10.2 Å². The van der Waals surface area contributed by atoms with Gasteiger partial charge in [0.2, 0.25) is 11.7 Å². The molecule has 1 aliphatic rings. The first-order chi connectivity index (χ1) is 23.4. The van der Waals surface area contributed by atoms with Crippen LogP contribution >= 0.6 is 0 Å². The molecule has 0 atom stereocenters. The lowest BCUT2D eigenvalue weighted by molar-refractivity contribution is -0.148. The van der Waals surface area contributed by atoms with Crippen molar-refractivity contribution in [1.29, 1.82) is 0 Å². The average molecular weight is 686 g/mol. The van der Waals surface area contributed by atoms with Crippen LogP contribution in [0.2, 0.25) is 0 Å². The summed E-state index contributed by atoms with van der Waals surface area (Å²) in [4.78, 5) is 23.4. The molecule has 256 valence electrons. The quantitative estimate of drug-likeness (QED) is 0.133. The predicted octanol–water partition coefficient (Wildman–Crippen LogP) is 6.40. The largest absolute Gasteiger partial charge is 0.493 e. The minimum Gasteiger partial charge on any atom is -0.493 e. The highest BCUT2D eigenvalue weighted by Gasteiger charge is 2.39. The fraction of sp³-hybridized carbons (Fsp3) is 0.303. The highest BCUT2D eigenvalue weighted by atomic mass is 19.4. The van der Waals surface area contributed by atoms with Gasteiger partial charge in [-0.3, -0.25) is 9.69 Å². The topological polar surface area (TPSA) is 107 Å². The van der Waals surface area contributed by atoms with Gasteiger partial charge in [0.1, 0.15) is 12.2 Å². The molecule has 1 N–H and O–H groups in total. The second kappa shape index (κ2) is 13.7. The van der Waals surface area contributed by atoms with Crippen molar-refractivity contribution in [3.05, 3.63) is 89.8 Å². The maximum atomic E-state index is 13.1. The van der Waals surface area contributed by atoms with Gasteiger partial charge < -0.3 is 19.4 Å². The molecular formula is C33H29F6N7O3. The number of anilines is 1. The number of rotatable bonds is 10. The van der Waals surface area contributed by atoms with Gasteiger partial charge in [0.05, 0.1) is 43.5 Å². The zero-order valence-electron chi connectivity index (χ0n) is 26.0. The van der Waals surface area contributed by atoms with E-state index in [1.165, 1.54) is 25.6 Å². The number of hydrogen-bond acceptors (Lipinski definition) is 8. The monoisotopic (exact) mass is 685 g/mol. The number of ether oxygens (including phenoxy) is 2. The summed E-state index contributed by atoms with van der Waals surface area (Å²) in [5.41, 5.74) is 2.13. The Hall–Kier alpha value is -5.25. The minimum absolute atomic E-state index is 0.0884. The number of benzene rings is 3. The lowest BCUT2D eigenvalue weighted by Gasteiger charge is -2.27. The van der Waals surface area contributed by atoms with Gasteiger partial charge in [0.25, 0.3) is 0 Å². The molecule has 16 heteroatoms. The van der Waals surface area contributed by atoms with E-state index < -0.39 is 23.7 Å². The van der Waals surface area contributed by atoms with Crippen LogP contribution < -0.4 is 14.8 Å².